The minimum absolute atomic E-state index is 0.00960. The fourth-order valence-corrected chi connectivity index (χ4v) is 4.38. The summed E-state index contributed by atoms with van der Waals surface area (Å²) < 4.78 is 6.04. The van der Waals surface area contributed by atoms with Crippen LogP contribution >= 0.6 is 0 Å². The summed E-state index contributed by atoms with van der Waals surface area (Å²) in [5.74, 6) is 0.0603. The molecular formula is C28H46O4. The lowest BCUT2D eigenvalue weighted by Gasteiger charge is -2.29. The van der Waals surface area contributed by atoms with Crippen LogP contribution in [-0.2, 0) is 4.74 Å². The summed E-state index contributed by atoms with van der Waals surface area (Å²) in [4.78, 5) is 24.6. The maximum absolute atomic E-state index is 13.0. The van der Waals surface area contributed by atoms with Crippen LogP contribution in [-0.4, -0.2) is 23.1 Å². The highest BCUT2D eigenvalue weighted by molar-refractivity contribution is 6.02. The maximum Gasteiger partial charge on any atom is 0.339 e. The molecule has 0 bridgehead atoms. The minimum atomic E-state index is -1.10. The zero-order chi connectivity index (χ0) is 23.9. The van der Waals surface area contributed by atoms with Gasteiger partial charge in [-0.3, -0.25) is 0 Å². The topological polar surface area (TPSA) is 63.6 Å². The number of carboxylic acids is 1. The van der Waals surface area contributed by atoms with E-state index in [9.17, 15) is 14.7 Å². The van der Waals surface area contributed by atoms with E-state index < -0.39 is 11.9 Å². The highest BCUT2D eigenvalue weighted by Gasteiger charge is 2.27. The van der Waals surface area contributed by atoms with Gasteiger partial charge in [0.15, 0.2) is 0 Å². The molecule has 0 saturated heterocycles. The van der Waals surface area contributed by atoms with Gasteiger partial charge in [0.05, 0.1) is 11.1 Å². The van der Waals surface area contributed by atoms with Gasteiger partial charge in [-0.2, -0.15) is 0 Å². The average Bonchev–Trinajstić information content (AvgIpc) is 2.76. The quantitative estimate of drug-likeness (QED) is 0.194. The highest BCUT2D eigenvalue weighted by atomic mass is 16.5. The third kappa shape index (κ3) is 10.7. The molecule has 0 aliphatic heterocycles. The van der Waals surface area contributed by atoms with Gasteiger partial charge in [0.25, 0.3) is 0 Å². The molecule has 182 valence electrons. The number of rotatable bonds is 17. The smallest absolute Gasteiger partial charge is 0.339 e. The van der Waals surface area contributed by atoms with Gasteiger partial charge in [-0.25, -0.2) is 9.59 Å². The molecule has 0 heterocycles. The van der Waals surface area contributed by atoms with E-state index in [1.807, 2.05) is 0 Å². The second-order valence-electron chi connectivity index (χ2n) is 9.83. The summed E-state index contributed by atoms with van der Waals surface area (Å²) in [6, 6.07) is 6.35. The normalized spacial score (nSPS) is 14.2. The molecule has 3 atom stereocenters. The summed E-state index contributed by atoms with van der Waals surface area (Å²) in [6.07, 6.45) is 12.2. The Hall–Kier alpha value is -1.84. The van der Waals surface area contributed by atoms with Crippen LogP contribution in [0.15, 0.2) is 24.3 Å². The largest absolute Gasteiger partial charge is 0.478 e. The van der Waals surface area contributed by atoms with E-state index in [2.05, 4.69) is 34.6 Å². The lowest BCUT2D eigenvalue weighted by atomic mass is 9.84. The SMILES string of the molecule is CCCC(CC(C)CC)C(CCCCCCCC(C)C)OC(=O)c1ccccc1C(=O)O. The lowest BCUT2D eigenvalue weighted by Crippen LogP contribution is -2.29. The predicted molar refractivity (Wildman–Crippen MR) is 132 cm³/mol. The lowest BCUT2D eigenvalue weighted by molar-refractivity contribution is 0.00434. The number of unbranched alkanes of at least 4 members (excludes halogenated alkanes) is 4. The van der Waals surface area contributed by atoms with E-state index in [0.717, 1.165) is 50.9 Å². The van der Waals surface area contributed by atoms with Crippen LogP contribution in [0.1, 0.15) is 126 Å². The molecule has 1 aromatic carbocycles. The molecule has 0 radical (unpaired) electrons. The molecule has 1 aromatic rings. The van der Waals surface area contributed by atoms with Crippen molar-refractivity contribution in [2.75, 3.05) is 0 Å². The zero-order valence-corrected chi connectivity index (χ0v) is 21.1. The number of hydrogen-bond donors (Lipinski definition) is 1. The van der Waals surface area contributed by atoms with E-state index in [4.69, 9.17) is 4.74 Å². The van der Waals surface area contributed by atoms with E-state index >= 15 is 0 Å². The van der Waals surface area contributed by atoms with Crippen molar-refractivity contribution in [3.05, 3.63) is 35.4 Å². The first-order valence-corrected chi connectivity index (χ1v) is 12.8. The molecule has 0 aromatic heterocycles. The van der Waals surface area contributed by atoms with Gasteiger partial charge in [0.2, 0.25) is 0 Å². The molecule has 0 spiro atoms. The number of hydrogen-bond acceptors (Lipinski definition) is 3. The Bertz CT molecular complexity index is 667. The van der Waals surface area contributed by atoms with Crippen LogP contribution in [0.5, 0.6) is 0 Å². The maximum atomic E-state index is 13.0. The van der Waals surface area contributed by atoms with Gasteiger partial charge in [0, 0.05) is 0 Å². The van der Waals surface area contributed by atoms with Crippen molar-refractivity contribution in [2.24, 2.45) is 17.8 Å². The zero-order valence-electron chi connectivity index (χ0n) is 21.1. The Labute approximate surface area is 196 Å². The van der Waals surface area contributed by atoms with Gasteiger partial charge in [0.1, 0.15) is 6.10 Å². The molecular weight excluding hydrogens is 400 g/mol. The third-order valence-corrected chi connectivity index (χ3v) is 6.49. The second-order valence-corrected chi connectivity index (χ2v) is 9.83. The Morgan fingerprint density at radius 2 is 1.47 bits per heavy atom. The van der Waals surface area contributed by atoms with Gasteiger partial charge >= 0.3 is 11.9 Å². The minimum Gasteiger partial charge on any atom is -0.478 e. The third-order valence-electron chi connectivity index (χ3n) is 6.49. The molecule has 0 aliphatic rings. The van der Waals surface area contributed by atoms with Crippen molar-refractivity contribution < 1.29 is 19.4 Å². The molecule has 32 heavy (non-hydrogen) atoms. The molecule has 4 heteroatoms. The highest BCUT2D eigenvalue weighted by Crippen LogP contribution is 2.29. The van der Waals surface area contributed by atoms with E-state index in [1.54, 1.807) is 18.2 Å². The molecule has 0 amide bonds. The van der Waals surface area contributed by atoms with Crippen LogP contribution in [0.2, 0.25) is 0 Å². The van der Waals surface area contributed by atoms with Crippen LogP contribution in [0.3, 0.4) is 0 Å². The van der Waals surface area contributed by atoms with Crippen molar-refractivity contribution in [2.45, 2.75) is 111 Å². The Morgan fingerprint density at radius 3 is 2.03 bits per heavy atom. The van der Waals surface area contributed by atoms with E-state index in [0.29, 0.717) is 11.8 Å². The second kappa shape index (κ2) is 15.9. The van der Waals surface area contributed by atoms with Crippen molar-refractivity contribution in [3.8, 4) is 0 Å². The number of aromatic carboxylic acids is 1. The number of benzene rings is 1. The number of carbonyl (C=O) groups excluding carboxylic acids is 1. The van der Waals surface area contributed by atoms with Gasteiger partial charge < -0.3 is 9.84 Å². The fourth-order valence-electron chi connectivity index (χ4n) is 4.38. The fraction of sp³-hybridized carbons (Fsp3) is 0.714. The molecule has 1 rings (SSSR count). The first-order valence-electron chi connectivity index (χ1n) is 12.8. The number of carbonyl (C=O) groups is 2. The molecule has 1 N–H and O–H groups in total. The summed E-state index contributed by atoms with van der Waals surface area (Å²) in [5, 5.41) is 9.46. The standard InChI is InChI=1S/C28H46O4/c1-6-15-23(20-22(5)7-2)26(19-12-10-8-9-11-16-21(3)4)32-28(31)25-18-14-13-17-24(25)27(29)30/h13-14,17-18,21-23,26H,6-12,15-16,19-20H2,1-5H3,(H,29,30). The summed E-state index contributed by atoms with van der Waals surface area (Å²) >= 11 is 0. The molecule has 0 aliphatic carbocycles. The van der Waals surface area contributed by atoms with Crippen molar-refractivity contribution in [1.82, 2.24) is 0 Å². The predicted octanol–water partition coefficient (Wildman–Crippen LogP) is 8.15. The van der Waals surface area contributed by atoms with E-state index in [1.165, 1.54) is 31.7 Å². The van der Waals surface area contributed by atoms with Crippen molar-refractivity contribution in [1.29, 1.82) is 0 Å². The van der Waals surface area contributed by atoms with Crippen LogP contribution in [0.25, 0.3) is 0 Å². The average molecular weight is 447 g/mol. The summed E-state index contributed by atoms with van der Waals surface area (Å²) in [7, 11) is 0. The van der Waals surface area contributed by atoms with Crippen LogP contribution in [0.4, 0.5) is 0 Å². The van der Waals surface area contributed by atoms with Crippen molar-refractivity contribution >= 4 is 11.9 Å². The number of carboxylic acid groups (broad SMARTS) is 1. The molecule has 0 saturated carbocycles. The van der Waals surface area contributed by atoms with E-state index in [-0.39, 0.29) is 17.2 Å². The van der Waals surface area contributed by atoms with Gasteiger partial charge in [-0.05, 0) is 55.6 Å². The Kier molecular flexibility index (Phi) is 14.0. The molecule has 0 fully saturated rings. The van der Waals surface area contributed by atoms with Gasteiger partial charge in [-0.1, -0.05) is 91.7 Å². The number of ether oxygens (including phenoxy) is 1. The van der Waals surface area contributed by atoms with Crippen LogP contribution < -0.4 is 0 Å². The van der Waals surface area contributed by atoms with Gasteiger partial charge in [-0.15, -0.1) is 0 Å². The van der Waals surface area contributed by atoms with Crippen LogP contribution in [0, 0.1) is 17.8 Å². The summed E-state index contributed by atoms with van der Waals surface area (Å²) in [6.45, 7) is 11.2. The molecule has 4 nitrogen and oxygen atoms in total. The first-order chi connectivity index (χ1) is 15.3. The Balaban J connectivity index is 2.84. The monoisotopic (exact) mass is 446 g/mol. The van der Waals surface area contributed by atoms with Crippen molar-refractivity contribution in [3.63, 3.8) is 0 Å². The first kappa shape index (κ1) is 28.2. The molecule has 3 unspecified atom stereocenters. The number of esters is 1. The Morgan fingerprint density at radius 1 is 0.875 bits per heavy atom. The summed E-state index contributed by atoms with van der Waals surface area (Å²) in [5.41, 5.74) is 0.160.